The molecule has 10 nitrogen and oxygen atoms in total. The molecule has 0 aromatic carbocycles. The van der Waals surface area contributed by atoms with E-state index in [1.54, 1.807) is 6.92 Å². The van der Waals surface area contributed by atoms with Crippen LogP contribution in [-0.4, -0.2) is 47.6 Å². The van der Waals surface area contributed by atoms with Crippen molar-refractivity contribution in [3.63, 3.8) is 0 Å². The number of anilines is 1. The number of hydrogen-bond donors (Lipinski definition) is 2. The number of hydrogen-bond acceptors (Lipinski definition) is 6. The van der Waals surface area contributed by atoms with Gasteiger partial charge in [0.2, 0.25) is 5.91 Å². The Morgan fingerprint density at radius 3 is 2.64 bits per heavy atom. The largest absolute Gasteiger partial charge is 0.433 e. The predicted octanol–water partition coefficient (Wildman–Crippen LogP) is 3.71. The molecule has 3 unspecified atom stereocenters. The standard InChI is InChI=1S/C22H22ClF3N8O2/c1-11-16(8-14(23)20(30-11)34-27-6-7-28-34)32-21(36)13-10-29-33(19(13)22(24,25)26)17-9-18(35)31-15-5-3-2-4-12(15)17/h6-8,10,12,15,17H,2-5,9H2,1H3,(H,31,35)(H,32,36). The normalized spacial score (nSPS) is 22.1. The van der Waals surface area contributed by atoms with Crippen LogP contribution in [0.3, 0.4) is 0 Å². The molecule has 0 spiro atoms. The van der Waals surface area contributed by atoms with E-state index in [4.69, 9.17) is 11.6 Å². The van der Waals surface area contributed by atoms with Crippen molar-refractivity contribution in [2.24, 2.45) is 5.92 Å². The van der Waals surface area contributed by atoms with Gasteiger partial charge >= 0.3 is 6.18 Å². The Morgan fingerprint density at radius 1 is 1.19 bits per heavy atom. The zero-order valence-electron chi connectivity index (χ0n) is 19.1. The SMILES string of the molecule is Cc1nc(-n2nccn2)c(Cl)cc1NC(=O)c1cnn(C2CC(=O)NC3CCCCC32)c1C(F)(F)F. The van der Waals surface area contributed by atoms with Crippen molar-refractivity contribution in [1.29, 1.82) is 0 Å². The lowest BCUT2D eigenvalue weighted by atomic mass is 9.76. The molecule has 0 radical (unpaired) electrons. The molecule has 3 aromatic rings. The number of carbonyl (C=O) groups excluding carboxylic acids is 2. The summed E-state index contributed by atoms with van der Waals surface area (Å²) in [4.78, 5) is 30.8. The van der Waals surface area contributed by atoms with Gasteiger partial charge in [0.1, 0.15) is 0 Å². The number of halogens is 4. The summed E-state index contributed by atoms with van der Waals surface area (Å²) >= 11 is 6.26. The predicted molar refractivity (Wildman–Crippen MR) is 122 cm³/mol. The van der Waals surface area contributed by atoms with Gasteiger partial charge in [-0.15, -0.1) is 4.80 Å². The fraction of sp³-hybridized carbons (Fsp3) is 0.455. The third-order valence-electron chi connectivity index (χ3n) is 6.68. The number of aromatic nitrogens is 6. The smallest absolute Gasteiger partial charge is 0.353 e. The van der Waals surface area contributed by atoms with Crippen molar-refractivity contribution < 1.29 is 22.8 Å². The molecule has 0 bridgehead atoms. The average Bonchev–Trinajstić information content (AvgIpc) is 3.51. The van der Waals surface area contributed by atoms with E-state index in [2.05, 4.69) is 30.9 Å². The monoisotopic (exact) mass is 522 g/mol. The first-order valence-electron chi connectivity index (χ1n) is 11.4. The van der Waals surface area contributed by atoms with Crippen LogP contribution < -0.4 is 10.6 Å². The van der Waals surface area contributed by atoms with Crippen LogP contribution in [0.2, 0.25) is 5.02 Å². The first-order valence-corrected chi connectivity index (χ1v) is 11.8. The maximum Gasteiger partial charge on any atom is 0.433 e. The average molecular weight is 523 g/mol. The number of amides is 2. The quantitative estimate of drug-likeness (QED) is 0.539. The number of alkyl halides is 3. The molecular weight excluding hydrogens is 501 g/mol. The summed E-state index contributed by atoms with van der Waals surface area (Å²) in [6, 6.07) is 0.378. The molecule has 190 valence electrons. The van der Waals surface area contributed by atoms with Crippen LogP contribution in [0.1, 0.15) is 59.9 Å². The van der Waals surface area contributed by atoms with Gasteiger partial charge in [0.25, 0.3) is 5.91 Å². The van der Waals surface area contributed by atoms with Crippen molar-refractivity contribution in [1.82, 2.24) is 35.1 Å². The Morgan fingerprint density at radius 2 is 1.92 bits per heavy atom. The molecule has 5 rings (SSSR count). The fourth-order valence-electron chi connectivity index (χ4n) is 5.09. The number of pyridine rings is 1. The van der Waals surface area contributed by atoms with E-state index in [1.807, 2.05) is 0 Å². The molecule has 1 saturated heterocycles. The summed E-state index contributed by atoms with van der Waals surface area (Å²) in [6.07, 6.45) is 1.91. The van der Waals surface area contributed by atoms with Crippen LogP contribution in [0.4, 0.5) is 18.9 Å². The summed E-state index contributed by atoms with van der Waals surface area (Å²) in [5.41, 5.74) is -1.39. The minimum absolute atomic E-state index is 0.0930. The van der Waals surface area contributed by atoms with E-state index >= 15 is 0 Å². The highest BCUT2D eigenvalue weighted by molar-refractivity contribution is 6.32. The molecule has 3 aromatic heterocycles. The van der Waals surface area contributed by atoms with Crippen molar-refractivity contribution in [3.8, 4) is 5.82 Å². The maximum absolute atomic E-state index is 14.3. The van der Waals surface area contributed by atoms with Gasteiger partial charge in [-0.25, -0.2) is 4.98 Å². The molecule has 2 amide bonds. The van der Waals surface area contributed by atoms with Crippen LogP contribution in [0.5, 0.6) is 0 Å². The van der Waals surface area contributed by atoms with Gasteiger partial charge in [0.15, 0.2) is 11.5 Å². The van der Waals surface area contributed by atoms with Gasteiger partial charge in [-0.05, 0) is 25.8 Å². The van der Waals surface area contributed by atoms with Crippen molar-refractivity contribution >= 4 is 29.1 Å². The number of nitrogens with zero attached hydrogens (tertiary/aromatic N) is 6. The molecule has 1 aliphatic heterocycles. The van der Waals surface area contributed by atoms with E-state index in [0.29, 0.717) is 18.5 Å². The first-order chi connectivity index (χ1) is 17.1. The lowest BCUT2D eigenvalue weighted by molar-refractivity contribution is -0.147. The zero-order chi connectivity index (χ0) is 25.6. The Balaban J connectivity index is 1.48. The Labute approximate surface area is 208 Å². The van der Waals surface area contributed by atoms with Crippen molar-refractivity contribution in [3.05, 3.63) is 46.6 Å². The minimum Gasteiger partial charge on any atom is -0.353 e. The fourth-order valence-corrected chi connectivity index (χ4v) is 5.31. The highest BCUT2D eigenvalue weighted by atomic mass is 35.5. The number of nitrogens with one attached hydrogen (secondary N) is 2. The number of piperidine rings is 1. The molecular formula is C22H22ClF3N8O2. The van der Waals surface area contributed by atoms with E-state index in [-0.39, 0.29) is 40.8 Å². The van der Waals surface area contributed by atoms with Gasteiger partial charge < -0.3 is 10.6 Å². The molecule has 2 aliphatic rings. The number of fused-ring (bicyclic) bond motifs is 1. The van der Waals surface area contributed by atoms with E-state index < -0.39 is 29.4 Å². The van der Waals surface area contributed by atoms with Gasteiger partial charge in [-0.1, -0.05) is 24.4 Å². The molecule has 3 atom stereocenters. The second kappa shape index (κ2) is 9.19. The maximum atomic E-state index is 14.3. The summed E-state index contributed by atoms with van der Waals surface area (Å²) in [5.74, 6) is -1.32. The van der Waals surface area contributed by atoms with E-state index in [9.17, 15) is 22.8 Å². The van der Waals surface area contributed by atoms with Gasteiger partial charge in [-0.2, -0.15) is 28.5 Å². The molecule has 14 heteroatoms. The molecule has 1 aliphatic carbocycles. The summed E-state index contributed by atoms with van der Waals surface area (Å²) in [5, 5.41) is 17.3. The lowest BCUT2D eigenvalue weighted by Gasteiger charge is -2.41. The zero-order valence-corrected chi connectivity index (χ0v) is 19.8. The van der Waals surface area contributed by atoms with Gasteiger partial charge in [0.05, 0.1) is 46.6 Å². The molecule has 36 heavy (non-hydrogen) atoms. The van der Waals surface area contributed by atoms with Crippen molar-refractivity contribution in [2.75, 3.05) is 5.32 Å². The lowest BCUT2D eigenvalue weighted by Crippen LogP contribution is -2.51. The highest BCUT2D eigenvalue weighted by Gasteiger charge is 2.46. The van der Waals surface area contributed by atoms with Crippen molar-refractivity contribution in [2.45, 2.75) is 57.3 Å². The Bertz CT molecular complexity index is 1310. The number of rotatable bonds is 4. The number of carbonyl (C=O) groups is 2. The van der Waals surface area contributed by atoms with Gasteiger partial charge in [0, 0.05) is 18.4 Å². The summed E-state index contributed by atoms with van der Waals surface area (Å²) in [6.45, 7) is 1.57. The van der Waals surface area contributed by atoms with Crippen LogP contribution in [0.25, 0.3) is 5.82 Å². The summed E-state index contributed by atoms with van der Waals surface area (Å²) < 4.78 is 43.7. The Hall–Kier alpha value is -3.48. The third-order valence-corrected chi connectivity index (χ3v) is 6.96. The summed E-state index contributed by atoms with van der Waals surface area (Å²) in [7, 11) is 0. The van der Waals surface area contributed by atoms with E-state index in [1.165, 1.54) is 23.3 Å². The minimum atomic E-state index is -4.87. The highest BCUT2D eigenvalue weighted by Crippen LogP contribution is 2.42. The molecule has 1 saturated carbocycles. The van der Waals surface area contributed by atoms with Crippen LogP contribution in [0, 0.1) is 12.8 Å². The molecule has 2 fully saturated rings. The van der Waals surface area contributed by atoms with Crippen LogP contribution >= 0.6 is 11.6 Å². The molecule has 2 N–H and O–H groups in total. The number of aryl methyl sites for hydroxylation is 1. The van der Waals surface area contributed by atoms with Gasteiger partial charge in [-0.3, -0.25) is 14.3 Å². The van der Waals surface area contributed by atoms with Crippen LogP contribution in [0.15, 0.2) is 24.7 Å². The molecule has 4 heterocycles. The first kappa shape index (κ1) is 24.2. The third kappa shape index (κ3) is 4.43. The second-order valence-corrected chi connectivity index (χ2v) is 9.35. The second-order valence-electron chi connectivity index (χ2n) is 8.94. The van der Waals surface area contributed by atoms with E-state index in [0.717, 1.165) is 23.7 Å². The topological polar surface area (TPSA) is 120 Å². The Kier molecular flexibility index (Phi) is 6.18. The van der Waals surface area contributed by atoms with Crippen LogP contribution in [-0.2, 0) is 11.0 Å².